The van der Waals surface area contributed by atoms with E-state index in [-0.39, 0.29) is 6.52 Å². The summed E-state index contributed by atoms with van der Waals surface area (Å²) in [5.41, 5.74) is 1.05. The molecule has 1 rings (SSSR count). The zero-order chi connectivity index (χ0) is 10.4. The van der Waals surface area contributed by atoms with E-state index in [1.54, 1.807) is 0 Å². The smallest absolute Gasteiger partial charge is 0.0481 e. The lowest BCUT2D eigenvalue weighted by Gasteiger charge is -2.15. The van der Waals surface area contributed by atoms with Gasteiger partial charge in [0.05, 0.1) is 0 Å². The van der Waals surface area contributed by atoms with Crippen LogP contribution in [0.3, 0.4) is 0 Å². The van der Waals surface area contributed by atoms with Gasteiger partial charge in [-0.15, -0.1) is 0 Å². The first-order chi connectivity index (χ1) is 6.75. The summed E-state index contributed by atoms with van der Waals surface area (Å²) < 4.78 is 8.00. The molecule has 1 aromatic carbocycles. The summed E-state index contributed by atoms with van der Waals surface area (Å²) in [6.45, 7) is 1.54. The lowest BCUT2D eigenvalue weighted by Crippen LogP contribution is -2.26. The van der Waals surface area contributed by atoms with Crippen LogP contribution in [0.2, 0.25) is 0 Å². The van der Waals surface area contributed by atoms with E-state index in [0.29, 0.717) is 0 Å². The lowest BCUT2D eigenvalue weighted by atomic mass is 10.2. The maximum atomic E-state index is 8.00. The van der Waals surface area contributed by atoms with Crippen molar-refractivity contribution in [2.75, 3.05) is 27.2 Å². The molecule has 13 heavy (non-hydrogen) atoms. The zero-order valence-corrected chi connectivity index (χ0v) is 8.33. The van der Waals surface area contributed by atoms with Crippen molar-refractivity contribution in [2.45, 2.75) is 6.52 Å². The van der Waals surface area contributed by atoms with Gasteiger partial charge in [0.1, 0.15) is 0 Å². The van der Waals surface area contributed by atoms with Crippen LogP contribution in [-0.4, -0.2) is 32.1 Å². The summed E-state index contributed by atoms with van der Waals surface area (Å²) >= 11 is 0. The van der Waals surface area contributed by atoms with Crippen molar-refractivity contribution in [1.29, 1.82) is 0 Å². The first kappa shape index (κ1) is 8.73. The van der Waals surface area contributed by atoms with Crippen LogP contribution in [0.4, 0.5) is 0 Å². The minimum Gasteiger partial charge on any atom is -0.318 e. The predicted molar refractivity (Wildman–Crippen MR) is 56.7 cm³/mol. The predicted octanol–water partition coefficient (Wildman–Crippen LogP) is 1.34. The molecular weight excluding hydrogens is 160 g/mol. The first-order valence-corrected chi connectivity index (χ1v) is 4.57. The van der Waals surface area contributed by atoms with Crippen LogP contribution in [0.15, 0.2) is 30.3 Å². The maximum absolute atomic E-state index is 8.00. The van der Waals surface area contributed by atoms with Gasteiger partial charge in [0.25, 0.3) is 0 Å². The van der Waals surface area contributed by atoms with Gasteiger partial charge in [-0.05, 0) is 19.7 Å². The molecule has 2 nitrogen and oxygen atoms in total. The van der Waals surface area contributed by atoms with Gasteiger partial charge in [-0.25, -0.2) is 0 Å². The van der Waals surface area contributed by atoms with Gasteiger partial charge < -0.3 is 10.2 Å². The maximum Gasteiger partial charge on any atom is 0.0481 e. The highest BCUT2D eigenvalue weighted by Gasteiger charge is 1.97. The number of benzene rings is 1. The Bertz CT molecular complexity index is 251. The van der Waals surface area contributed by atoms with E-state index in [4.69, 9.17) is 1.37 Å². The van der Waals surface area contributed by atoms with Gasteiger partial charge >= 0.3 is 0 Å². The number of likely N-dealkylation sites (N-methyl/N-ethyl adjacent to an activating group) is 2. The molecule has 0 fully saturated rings. The average molecular weight is 179 g/mol. The Morgan fingerprint density at radius 3 is 2.69 bits per heavy atom. The van der Waals surface area contributed by atoms with Crippen molar-refractivity contribution in [2.24, 2.45) is 0 Å². The summed E-state index contributed by atoms with van der Waals surface area (Å²) in [5, 5.41) is 3.08. The third-order valence-electron chi connectivity index (χ3n) is 1.88. The molecule has 72 valence electrons. The van der Waals surface area contributed by atoms with Crippen LogP contribution in [0.25, 0.3) is 0 Å². The summed E-state index contributed by atoms with van der Waals surface area (Å²) in [4.78, 5) is 2.02. The normalized spacial score (nSPS) is 14.2. The van der Waals surface area contributed by atoms with Gasteiger partial charge in [0, 0.05) is 21.0 Å². The first-order valence-electron chi connectivity index (χ1n) is 5.15. The Balaban J connectivity index is 2.52. The molecule has 1 unspecified atom stereocenters. The van der Waals surface area contributed by atoms with Gasteiger partial charge in [0.2, 0.25) is 0 Å². The molecule has 0 heterocycles. The molecule has 1 N–H and O–H groups in total. The Kier molecular flexibility index (Phi) is 3.85. The zero-order valence-electron chi connectivity index (χ0n) is 9.33. The van der Waals surface area contributed by atoms with Gasteiger partial charge in [-0.3, -0.25) is 0 Å². The summed E-state index contributed by atoms with van der Waals surface area (Å²) in [7, 11) is 3.90. The number of rotatable bonds is 5. The van der Waals surface area contributed by atoms with E-state index in [1.807, 2.05) is 49.3 Å². The minimum absolute atomic E-state index is 0.260. The highest BCUT2D eigenvalue weighted by atomic mass is 15.1. The number of hydrogen-bond donors (Lipinski definition) is 1. The van der Waals surface area contributed by atoms with E-state index in [9.17, 15) is 0 Å². The lowest BCUT2D eigenvalue weighted by molar-refractivity contribution is 0.328. The van der Waals surface area contributed by atoms with Crippen LogP contribution in [-0.2, 0) is 6.52 Å². The Morgan fingerprint density at radius 2 is 2.08 bits per heavy atom. The molecule has 0 spiro atoms. The van der Waals surface area contributed by atoms with Crippen molar-refractivity contribution in [3.63, 3.8) is 0 Å². The Morgan fingerprint density at radius 1 is 1.38 bits per heavy atom. The third-order valence-corrected chi connectivity index (χ3v) is 1.88. The van der Waals surface area contributed by atoms with Gasteiger partial charge in [-0.1, -0.05) is 30.3 Å². The SMILES string of the molecule is [2H]C(c1ccccc1)N(C)CCNC. The highest BCUT2D eigenvalue weighted by molar-refractivity contribution is 5.14. The van der Waals surface area contributed by atoms with Crippen LogP contribution < -0.4 is 5.32 Å². The monoisotopic (exact) mass is 179 g/mol. The van der Waals surface area contributed by atoms with Gasteiger partial charge in [0.15, 0.2) is 0 Å². The molecule has 0 bridgehead atoms. The Labute approximate surface area is 82.0 Å². The quantitative estimate of drug-likeness (QED) is 0.733. The second-order valence-corrected chi connectivity index (χ2v) is 3.12. The molecule has 0 saturated carbocycles. The number of nitrogens with zero attached hydrogens (tertiary/aromatic N) is 1. The molecule has 0 radical (unpaired) electrons. The highest BCUT2D eigenvalue weighted by Crippen LogP contribution is 2.01. The molecule has 0 aliphatic heterocycles. The molecule has 0 saturated heterocycles. The second kappa shape index (κ2) is 5.73. The van der Waals surface area contributed by atoms with E-state index in [1.165, 1.54) is 0 Å². The van der Waals surface area contributed by atoms with Crippen molar-refractivity contribution in [1.82, 2.24) is 10.2 Å². The summed E-state index contributed by atoms with van der Waals surface area (Å²) in [6.07, 6.45) is 0. The van der Waals surface area contributed by atoms with Crippen molar-refractivity contribution in [3.05, 3.63) is 35.9 Å². The molecule has 0 aliphatic rings. The summed E-state index contributed by atoms with van der Waals surface area (Å²) in [6, 6.07) is 9.91. The molecular formula is C11H18N2. The van der Waals surface area contributed by atoms with Gasteiger partial charge in [-0.2, -0.15) is 0 Å². The molecule has 0 aliphatic carbocycles. The summed E-state index contributed by atoms with van der Waals surface area (Å²) in [5.74, 6) is 0. The van der Waals surface area contributed by atoms with E-state index >= 15 is 0 Å². The fourth-order valence-corrected chi connectivity index (χ4v) is 1.15. The average Bonchev–Trinajstić information content (AvgIpc) is 2.26. The molecule has 1 atom stereocenters. The number of hydrogen-bond acceptors (Lipinski definition) is 2. The van der Waals surface area contributed by atoms with E-state index < -0.39 is 0 Å². The molecule has 1 aromatic rings. The molecule has 0 aromatic heterocycles. The Hall–Kier alpha value is -0.860. The largest absolute Gasteiger partial charge is 0.318 e. The van der Waals surface area contributed by atoms with E-state index in [2.05, 4.69) is 5.32 Å². The van der Waals surface area contributed by atoms with E-state index in [0.717, 1.165) is 18.7 Å². The van der Waals surface area contributed by atoms with Crippen molar-refractivity contribution in [3.8, 4) is 0 Å². The van der Waals surface area contributed by atoms with Crippen LogP contribution in [0.1, 0.15) is 6.93 Å². The fourth-order valence-electron chi connectivity index (χ4n) is 1.15. The second-order valence-electron chi connectivity index (χ2n) is 3.12. The number of nitrogens with one attached hydrogen (secondary N) is 1. The van der Waals surface area contributed by atoms with Crippen LogP contribution in [0, 0.1) is 0 Å². The fraction of sp³-hybridized carbons (Fsp3) is 0.455. The standard InChI is InChI=1S/C11H18N2/c1-12-8-9-13(2)10-11-6-4-3-5-7-11/h3-7,12H,8-10H2,1-2H3/i10D. The van der Waals surface area contributed by atoms with Crippen molar-refractivity contribution >= 4 is 0 Å². The minimum atomic E-state index is -0.260. The third kappa shape index (κ3) is 4.06. The topological polar surface area (TPSA) is 15.3 Å². The van der Waals surface area contributed by atoms with Crippen LogP contribution >= 0.6 is 0 Å². The van der Waals surface area contributed by atoms with Crippen LogP contribution in [0.5, 0.6) is 0 Å². The molecule has 0 amide bonds. The molecule has 2 heteroatoms. The van der Waals surface area contributed by atoms with Crippen molar-refractivity contribution < 1.29 is 1.37 Å².